The van der Waals surface area contributed by atoms with Gasteiger partial charge in [-0.15, -0.1) is 0 Å². The Hall–Kier alpha value is -3.98. The first-order valence-corrected chi connectivity index (χ1v) is 13.0. The summed E-state index contributed by atoms with van der Waals surface area (Å²) in [6.45, 7) is 3.38. The number of methoxy groups -OCH3 is 1. The summed E-state index contributed by atoms with van der Waals surface area (Å²) >= 11 is 1.40. The summed E-state index contributed by atoms with van der Waals surface area (Å²) in [5, 5.41) is 0.712. The van der Waals surface area contributed by atoms with Crippen molar-refractivity contribution in [3.8, 4) is 17.4 Å². The van der Waals surface area contributed by atoms with Gasteiger partial charge in [0.15, 0.2) is 0 Å². The highest BCUT2D eigenvalue weighted by Crippen LogP contribution is 2.48. The number of hydrogen-bond donors (Lipinski definition) is 0. The average Bonchev–Trinajstić information content (AvgIpc) is 3.60. The molecule has 6 rings (SSSR count). The van der Waals surface area contributed by atoms with E-state index >= 15 is 0 Å². The van der Waals surface area contributed by atoms with Crippen LogP contribution in [0.15, 0.2) is 60.7 Å². The summed E-state index contributed by atoms with van der Waals surface area (Å²) in [6, 6.07) is 19.1. The van der Waals surface area contributed by atoms with E-state index < -0.39 is 0 Å². The molecule has 0 N–H and O–H groups in total. The lowest BCUT2D eigenvalue weighted by Gasteiger charge is -2.25. The minimum Gasteiger partial charge on any atom is -0.481 e. The third-order valence-electron chi connectivity index (χ3n) is 7.16. The molecule has 2 aliphatic rings. The summed E-state index contributed by atoms with van der Waals surface area (Å²) in [5.41, 5.74) is 2.35. The topological polar surface area (TPSA) is 84.9 Å². The molecule has 1 unspecified atom stereocenters. The van der Waals surface area contributed by atoms with E-state index in [4.69, 9.17) is 9.47 Å². The third-order valence-corrected chi connectivity index (χ3v) is 8.12. The Morgan fingerprint density at radius 2 is 1.86 bits per heavy atom. The number of aromatic nitrogens is 2. The van der Waals surface area contributed by atoms with E-state index in [1.54, 1.807) is 20.1 Å². The predicted octanol–water partition coefficient (Wildman–Crippen LogP) is 4.57. The number of amides is 2. The van der Waals surface area contributed by atoms with Crippen LogP contribution in [0.3, 0.4) is 0 Å². The maximum atomic E-state index is 13.6. The number of ether oxygens (including phenoxy) is 2. The normalized spacial score (nSPS) is 18.4. The minimum atomic E-state index is -0.324. The molecule has 2 aliphatic heterocycles. The zero-order valence-corrected chi connectivity index (χ0v) is 21.5. The van der Waals surface area contributed by atoms with E-state index in [2.05, 4.69) is 9.97 Å². The number of nitrogens with zero attached hydrogens (tertiary/aromatic N) is 4. The molecule has 2 amide bonds. The van der Waals surface area contributed by atoms with Crippen molar-refractivity contribution in [1.29, 1.82) is 0 Å². The second-order valence-corrected chi connectivity index (χ2v) is 10.6. The molecule has 188 valence electrons. The van der Waals surface area contributed by atoms with Gasteiger partial charge in [0.1, 0.15) is 26.9 Å². The van der Waals surface area contributed by atoms with Gasteiger partial charge in [-0.3, -0.25) is 9.59 Å². The lowest BCUT2D eigenvalue weighted by atomic mass is 9.81. The van der Waals surface area contributed by atoms with Crippen LogP contribution in [0.4, 0.5) is 5.69 Å². The zero-order chi connectivity index (χ0) is 25.6. The molecule has 2 aromatic carbocycles. The van der Waals surface area contributed by atoms with Crippen molar-refractivity contribution in [2.75, 3.05) is 31.6 Å². The van der Waals surface area contributed by atoms with Gasteiger partial charge in [0.2, 0.25) is 17.7 Å². The average molecular weight is 515 g/mol. The van der Waals surface area contributed by atoms with Crippen LogP contribution in [0, 0.1) is 0 Å². The highest BCUT2D eigenvalue weighted by Gasteiger charge is 2.49. The second kappa shape index (κ2) is 9.15. The highest BCUT2D eigenvalue weighted by molar-refractivity contribution is 7.18. The van der Waals surface area contributed by atoms with Crippen molar-refractivity contribution in [1.82, 2.24) is 14.9 Å². The van der Waals surface area contributed by atoms with Crippen LogP contribution in [0.5, 0.6) is 17.4 Å². The van der Waals surface area contributed by atoms with Gasteiger partial charge in [-0.1, -0.05) is 29.5 Å². The number of hydrogen-bond acceptors (Lipinski definition) is 7. The Morgan fingerprint density at radius 3 is 2.62 bits per heavy atom. The number of thiazole rings is 1. The zero-order valence-electron chi connectivity index (χ0n) is 20.6. The maximum absolute atomic E-state index is 13.6. The van der Waals surface area contributed by atoms with Gasteiger partial charge in [-0.05, 0) is 48.4 Å². The molecule has 0 saturated carbocycles. The second-order valence-electron chi connectivity index (χ2n) is 9.51. The molecule has 37 heavy (non-hydrogen) atoms. The van der Waals surface area contributed by atoms with Crippen LogP contribution in [0.1, 0.15) is 23.9 Å². The van der Waals surface area contributed by atoms with E-state index in [9.17, 15) is 9.59 Å². The van der Waals surface area contributed by atoms with Crippen LogP contribution in [0.25, 0.3) is 10.3 Å². The van der Waals surface area contributed by atoms with Gasteiger partial charge in [-0.25, -0.2) is 9.97 Å². The lowest BCUT2D eigenvalue weighted by Crippen LogP contribution is -2.40. The lowest BCUT2D eigenvalue weighted by molar-refractivity contribution is -0.127. The number of carbonyl (C=O) groups excluding carboxylic acids is 2. The van der Waals surface area contributed by atoms with Crippen LogP contribution < -0.4 is 14.4 Å². The van der Waals surface area contributed by atoms with Crippen molar-refractivity contribution in [2.24, 2.45) is 0 Å². The number of carbonyl (C=O) groups is 2. The number of fused-ring (bicyclic) bond motifs is 3. The van der Waals surface area contributed by atoms with E-state index in [-0.39, 0.29) is 23.7 Å². The van der Waals surface area contributed by atoms with Crippen molar-refractivity contribution < 1.29 is 19.1 Å². The first kappa shape index (κ1) is 23.4. The van der Waals surface area contributed by atoms with E-state index in [1.165, 1.54) is 11.3 Å². The standard InChI is InChI=1S/C28H26N4O4S/c1-18(33)31-13-12-28(16-31)17-32(23-10-8-20(14-21(23)28)36-19-6-4-3-5-7-19)26(34)15-25-29-22-9-11-24(35-2)30-27(22)37-25/h3-11,14H,12-13,15-17H2,1-2H3. The molecule has 1 atom stereocenters. The van der Waals surface area contributed by atoms with Gasteiger partial charge in [0.25, 0.3) is 0 Å². The predicted molar refractivity (Wildman–Crippen MR) is 142 cm³/mol. The first-order valence-electron chi connectivity index (χ1n) is 12.2. The number of anilines is 1. The number of likely N-dealkylation sites (tertiary alicyclic amines) is 1. The monoisotopic (exact) mass is 514 g/mol. The van der Waals surface area contributed by atoms with E-state index in [0.29, 0.717) is 36.3 Å². The molecular weight excluding hydrogens is 488 g/mol. The summed E-state index contributed by atoms with van der Waals surface area (Å²) in [6.07, 6.45) is 0.973. The Bertz CT molecular complexity index is 1500. The van der Waals surface area contributed by atoms with E-state index in [1.807, 2.05) is 64.4 Å². The summed E-state index contributed by atoms with van der Waals surface area (Å²) < 4.78 is 11.3. The largest absolute Gasteiger partial charge is 0.481 e. The van der Waals surface area contributed by atoms with Crippen molar-refractivity contribution in [2.45, 2.75) is 25.2 Å². The molecule has 9 heteroatoms. The van der Waals surface area contributed by atoms with Crippen LogP contribution in [-0.4, -0.2) is 53.4 Å². The number of pyridine rings is 1. The van der Waals surface area contributed by atoms with Crippen LogP contribution >= 0.6 is 11.3 Å². The SMILES string of the molecule is COc1ccc2nc(CC(=O)N3CC4(CCN(C(C)=O)C4)c4cc(Oc5ccccc5)ccc43)sc2n1. The Labute approximate surface area is 218 Å². The van der Waals surface area contributed by atoms with Crippen LogP contribution in [-0.2, 0) is 21.4 Å². The van der Waals surface area contributed by atoms with Gasteiger partial charge < -0.3 is 19.3 Å². The molecule has 0 bridgehead atoms. The van der Waals surface area contributed by atoms with Crippen molar-refractivity contribution in [3.63, 3.8) is 0 Å². The summed E-state index contributed by atoms with van der Waals surface area (Å²) in [5.74, 6) is 2.01. The van der Waals surface area contributed by atoms with Gasteiger partial charge >= 0.3 is 0 Å². The minimum absolute atomic E-state index is 0.0258. The fourth-order valence-electron chi connectivity index (χ4n) is 5.31. The summed E-state index contributed by atoms with van der Waals surface area (Å²) in [7, 11) is 1.58. The molecule has 1 spiro atoms. The molecule has 8 nitrogen and oxygen atoms in total. The van der Waals surface area contributed by atoms with E-state index in [0.717, 1.165) is 33.8 Å². The molecular formula is C28H26N4O4S. The Kier molecular flexibility index (Phi) is 5.79. The quantitative estimate of drug-likeness (QED) is 0.388. The first-order chi connectivity index (χ1) is 17.9. The fourth-order valence-corrected chi connectivity index (χ4v) is 6.22. The maximum Gasteiger partial charge on any atom is 0.233 e. The van der Waals surface area contributed by atoms with Crippen molar-refractivity contribution in [3.05, 3.63) is 71.2 Å². The van der Waals surface area contributed by atoms with Crippen molar-refractivity contribution >= 4 is 39.2 Å². The molecule has 4 aromatic rings. The summed E-state index contributed by atoms with van der Waals surface area (Å²) in [4.78, 5) is 39.4. The number of benzene rings is 2. The molecule has 0 radical (unpaired) electrons. The highest BCUT2D eigenvalue weighted by atomic mass is 32.1. The van der Waals surface area contributed by atoms with Gasteiger partial charge in [-0.2, -0.15) is 0 Å². The molecule has 1 saturated heterocycles. The Morgan fingerprint density at radius 1 is 1.03 bits per heavy atom. The molecule has 4 heterocycles. The number of rotatable bonds is 5. The fraction of sp³-hybridized carbons (Fsp3) is 0.286. The molecule has 2 aromatic heterocycles. The Balaban J connectivity index is 1.31. The third kappa shape index (κ3) is 4.29. The molecule has 1 fully saturated rings. The smallest absolute Gasteiger partial charge is 0.233 e. The number of para-hydroxylation sites is 1. The van der Waals surface area contributed by atoms with Gasteiger partial charge in [0, 0.05) is 43.7 Å². The molecule has 0 aliphatic carbocycles. The van der Waals surface area contributed by atoms with Crippen LogP contribution in [0.2, 0.25) is 0 Å². The van der Waals surface area contributed by atoms with Gasteiger partial charge in [0.05, 0.1) is 13.5 Å².